The molecule has 29 heavy (non-hydrogen) atoms. The molecule has 0 spiro atoms. The van der Waals surface area contributed by atoms with E-state index in [0.29, 0.717) is 16.9 Å². The number of rotatable bonds is 6. The smallest absolute Gasteiger partial charge is 0.264 e. The van der Waals surface area contributed by atoms with E-state index in [4.69, 9.17) is 0 Å². The number of benzene rings is 2. The zero-order valence-corrected chi connectivity index (χ0v) is 17.7. The lowest BCUT2D eigenvalue weighted by molar-refractivity contribution is -0.116. The van der Waals surface area contributed by atoms with Crippen molar-refractivity contribution in [3.63, 3.8) is 0 Å². The molecule has 2 N–H and O–H groups in total. The largest absolute Gasteiger partial charge is 0.325 e. The van der Waals surface area contributed by atoms with E-state index in [1.54, 1.807) is 42.5 Å². The van der Waals surface area contributed by atoms with Gasteiger partial charge in [0, 0.05) is 28.8 Å². The summed E-state index contributed by atoms with van der Waals surface area (Å²) in [6.07, 6.45) is 0. The third-order valence-corrected chi connectivity index (χ3v) is 6.36. The van der Waals surface area contributed by atoms with Crippen molar-refractivity contribution in [3.8, 4) is 11.3 Å². The highest BCUT2D eigenvalue weighted by molar-refractivity contribution is 9.10. The van der Waals surface area contributed by atoms with Gasteiger partial charge < -0.3 is 5.32 Å². The van der Waals surface area contributed by atoms with E-state index in [-0.39, 0.29) is 17.0 Å². The standard InChI is InChI=1S/C19H17BrN4O4S/c1-24(29(27,28)16-7-5-14(20)6-8-16)12-19(26)21-15-4-2-3-13(11-15)17-9-10-18(25)23-22-17/h2-11H,12H2,1H3,(H,21,26)(H,23,25). The first-order valence-corrected chi connectivity index (χ1v) is 10.7. The number of amides is 1. The van der Waals surface area contributed by atoms with Gasteiger partial charge in [0.1, 0.15) is 0 Å². The molecule has 1 amide bonds. The molecule has 0 bridgehead atoms. The predicted molar refractivity (Wildman–Crippen MR) is 113 cm³/mol. The van der Waals surface area contributed by atoms with E-state index < -0.39 is 15.9 Å². The lowest BCUT2D eigenvalue weighted by Gasteiger charge is -2.17. The summed E-state index contributed by atoms with van der Waals surface area (Å²) in [5.41, 5.74) is 1.40. The van der Waals surface area contributed by atoms with Gasteiger partial charge in [0.25, 0.3) is 5.56 Å². The number of aromatic nitrogens is 2. The lowest BCUT2D eigenvalue weighted by atomic mass is 10.1. The van der Waals surface area contributed by atoms with Crippen molar-refractivity contribution in [1.29, 1.82) is 0 Å². The van der Waals surface area contributed by atoms with Crippen molar-refractivity contribution in [2.45, 2.75) is 4.90 Å². The minimum atomic E-state index is -3.79. The van der Waals surface area contributed by atoms with Gasteiger partial charge in [-0.2, -0.15) is 9.40 Å². The maximum atomic E-state index is 12.6. The Hall–Kier alpha value is -2.82. The monoisotopic (exact) mass is 476 g/mol. The molecule has 1 aromatic heterocycles. The summed E-state index contributed by atoms with van der Waals surface area (Å²) < 4.78 is 26.9. The molecule has 0 aliphatic carbocycles. The number of halogens is 1. The molecule has 3 aromatic rings. The summed E-state index contributed by atoms with van der Waals surface area (Å²) in [6.45, 7) is -0.348. The Balaban J connectivity index is 1.70. The van der Waals surface area contributed by atoms with Crippen LogP contribution in [0.5, 0.6) is 0 Å². The van der Waals surface area contributed by atoms with Crippen LogP contribution in [0.4, 0.5) is 5.69 Å². The first kappa shape index (κ1) is 20.9. The summed E-state index contributed by atoms with van der Waals surface area (Å²) in [6, 6.07) is 16.0. The summed E-state index contributed by atoms with van der Waals surface area (Å²) >= 11 is 3.26. The normalized spacial score (nSPS) is 11.4. The van der Waals surface area contributed by atoms with E-state index in [0.717, 1.165) is 8.78 Å². The number of aromatic amines is 1. The lowest BCUT2D eigenvalue weighted by Crippen LogP contribution is -2.34. The fourth-order valence-electron chi connectivity index (χ4n) is 2.54. The Morgan fingerprint density at radius 1 is 1.14 bits per heavy atom. The molecular weight excluding hydrogens is 460 g/mol. The van der Waals surface area contributed by atoms with Crippen LogP contribution in [0.3, 0.4) is 0 Å². The second-order valence-corrected chi connectivity index (χ2v) is 9.11. The Bertz CT molecular complexity index is 1170. The van der Waals surface area contributed by atoms with Crippen LogP contribution in [0.1, 0.15) is 0 Å². The third-order valence-electron chi connectivity index (χ3n) is 4.01. The predicted octanol–water partition coefficient (Wildman–Crippen LogP) is 2.46. The minimum Gasteiger partial charge on any atom is -0.325 e. The molecule has 0 radical (unpaired) electrons. The van der Waals surface area contributed by atoms with Crippen molar-refractivity contribution in [1.82, 2.24) is 14.5 Å². The second-order valence-electron chi connectivity index (χ2n) is 6.15. The third kappa shape index (κ3) is 5.17. The van der Waals surface area contributed by atoms with Gasteiger partial charge in [-0.3, -0.25) is 9.59 Å². The number of hydrogen-bond donors (Lipinski definition) is 2. The molecule has 0 saturated heterocycles. The van der Waals surface area contributed by atoms with Crippen molar-refractivity contribution in [2.75, 3.05) is 18.9 Å². The topological polar surface area (TPSA) is 112 Å². The van der Waals surface area contributed by atoms with Gasteiger partial charge in [-0.25, -0.2) is 13.5 Å². The average Bonchev–Trinajstić information content (AvgIpc) is 2.69. The molecule has 0 atom stereocenters. The molecular formula is C19H17BrN4O4S. The van der Waals surface area contributed by atoms with Crippen LogP contribution in [-0.2, 0) is 14.8 Å². The number of carbonyl (C=O) groups excluding carboxylic acids is 1. The van der Waals surface area contributed by atoms with Crippen LogP contribution in [0, 0.1) is 0 Å². The molecule has 0 saturated carbocycles. The van der Waals surface area contributed by atoms with E-state index in [1.165, 1.54) is 25.2 Å². The number of anilines is 1. The van der Waals surface area contributed by atoms with Crippen LogP contribution in [0.15, 0.2) is 74.8 Å². The number of nitrogens with zero attached hydrogens (tertiary/aromatic N) is 2. The molecule has 150 valence electrons. The van der Waals surface area contributed by atoms with E-state index in [1.807, 2.05) is 0 Å². The molecule has 8 nitrogen and oxygen atoms in total. The van der Waals surface area contributed by atoms with E-state index in [9.17, 15) is 18.0 Å². The SMILES string of the molecule is CN(CC(=O)Nc1cccc(-c2ccc(=O)[nH]n2)c1)S(=O)(=O)c1ccc(Br)cc1. The number of hydrogen-bond acceptors (Lipinski definition) is 5. The quantitative estimate of drug-likeness (QED) is 0.567. The van der Waals surface area contributed by atoms with Crippen molar-refractivity contribution in [3.05, 3.63) is 75.5 Å². The summed E-state index contributed by atoms with van der Waals surface area (Å²) in [5, 5.41) is 8.97. The fraction of sp³-hybridized carbons (Fsp3) is 0.105. The summed E-state index contributed by atoms with van der Waals surface area (Å²) in [5.74, 6) is -0.486. The van der Waals surface area contributed by atoms with Crippen LogP contribution in [0.25, 0.3) is 11.3 Å². The van der Waals surface area contributed by atoms with E-state index >= 15 is 0 Å². The number of likely N-dealkylation sites (N-methyl/N-ethyl adjacent to an activating group) is 1. The highest BCUT2D eigenvalue weighted by atomic mass is 79.9. The van der Waals surface area contributed by atoms with Gasteiger partial charge >= 0.3 is 0 Å². The number of H-pyrrole nitrogens is 1. The number of sulfonamides is 1. The highest BCUT2D eigenvalue weighted by Crippen LogP contribution is 2.20. The molecule has 0 aliphatic rings. The van der Waals surface area contributed by atoms with Gasteiger partial charge in [-0.15, -0.1) is 0 Å². The Morgan fingerprint density at radius 3 is 2.52 bits per heavy atom. The van der Waals surface area contributed by atoms with Crippen LogP contribution in [0.2, 0.25) is 0 Å². The number of nitrogens with one attached hydrogen (secondary N) is 2. The fourth-order valence-corrected chi connectivity index (χ4v) is 3.93. The molecule has 0 unspecified atom stereocenters. The highest BCUT2D eigenvalue weighted by Gasteiger charge is 2.23. The second kappa shape index (κ2) is 8.68. The van der Waals surface area contributed by atoms with Gasteiger partial charge in [0.2, 0.25) is 15.9 Å². The first-order valence-electron chi connectivity index (χ1n) is 8.43. The van der Waals surface area contributed by atoms with Crippen LogP contribution < -0.4 is 10.9 Å². The summed E-state index contributed by atoms with van der Waals surface area (Å²) in [4.78, 5) is 23.6. The minimum absolute atomic E-state index is 0.0992. The van der Waals surface area contributed by atoms with Crippen LogP contribution >= 0.6 is 15.9 Å². The Morgan fingerprint density at radius 2 is 1.86 bits per heavy atom. The molecule has 0 aliphatic heterocycles. The van der Waals surface area contributed by atoms with Gasteiger partial charge in [-0.1, -0.05) is 28.1 Å². The molecule has 2 aromatic carbocycles. The Labute approximate surface area is 175 Å². The van der Waals surface area contributed by atoms with Crippen molar-refractivity contribution in [2.24, 2.45) is 0 Å². The van der Waals surface area contributed by atoms with Crippen molar-refractivity contribution < 1.29 is 13.2 Å². The molecule has 0 fully saturated rings. The maximum absolute atomic E-state index is 12.6. The molecule has 3 rings (SSSR count). The first-order chi connectivity index (χ1) is 13.8. The summed E-state index contributed by atoms with van der Waals surface area (Å²) in [7, 11) is -2.45. The van der Waals surface area contributed by atoms with Gasteiger partial charge in [0.15, 0.2) is 0 Å². The number of carbonyl (C=O) groups is 1. The average molecular weight is 477 g/mol. The van der Waals surface area contributed by atoms with E-state index in [2.05, 4.69) is 31.4 Å². The zero-order valence-electron chi connectivity index (χ0n) is 15.3. The van der Waals surface area contributed by atoms with Crippen molar-refractivity contribution >= 4 is 37.5 Å². The van der Waals surface area contributed by atoms with Crippen LogP contribution in [-0.4, -0.2) is 42.4 Å². The zero-order chi connectivity index (χ0) is 21.0. The van der Waals surface area contributed by atoms with Gasteiger partial charge in [-0.05, 0) is 42.5 Å². The molecule has 10 heteroatoms. The maximum Gasteiger partial charge on any atom is 0.264 e. The van der Waals surface area contributed by atoms with Gasteiger partial charge in [0.05, 0.1) is 17.1 Å². The molecule has 1 heterocycles. The Kier molecular flexibility index (Phi) is 6.26.